The van der Waals surface area contributed by atoms with Gasteiger partial charge in [-0.05, 0) is 67.0 Å². The molecular weight excluding hydrogens is 588 g/mol. The second-order valence-electron chi connectivity index (χ2n) is 13.4. The third kappa shape index (κ3) is 3.47. The number of esters is 1. The summed E-state index contributed by atoms with van der Waals surface area (Å²) in [6.07, 6.45) is -0.0860. The molecule has 234 valence electrons. The maximum atomic E-state index is 14.7. The number of rotatable bonds is 6. The van der Waals surface area contributed by atoms with Crippen LogP contribution in [0.5, 0.6) is 5.75 Å². The van der Waals surface area contributed by atoms with Crippen molar-refractivity contribution in [2.45, 2.75) is 50.8 Å². The molecule has 2 bridgehead atoms. The number of imide groups is 1. The number of carbonyl (C=O) groups excluding carboxylic acids is 5. The van der Waals surface area contributed by atoms with Gasteiger partial charge in [-0.1, -0.05) is 62.4 Å². The maximum absolute atomic E-state index is 14.7. The fourth-order valence-corrected chi connectivity index (χ4v) is 8.61. The predicted octanol–water partition coefficient (Wildman–Crippen LogP) is 3.20. The van der Waals surface area contributed by atoms with Crippen LogP contribution < -0.4 is 9.75 Å². The van der Waals surface area contributed by atoms with Gasteiger partial charge in [-0.3, -0.25) is 19.2 Å². The molecule has 2 aliphatic carbocycles. The lowest BCUT2D eigenvalue weighted by Gasteiger charge is -2.36. The van der Waals surface area contributed by atoms with E-state index < -0.39 is 52.2 Å². The molecule has 11 nitrogen and oxygen atoms in total. The van der Waals surface area contributed by atoms with Gasteiger partial charge in [0.2, 0.25) is 0 Å². The van der Waals surface area contributed by atoms with Crippen LogP contribution in [0.1, 0.15) is 53.8 Å². The zero-order valence-electron chi connectivity index (χ0n) is 25.3. The predicted molar refractivity (Wildman–Crippen MR) is 163 cm³/mol. The second kappa shape index (κ2) is 9.57. The van der Waals surface area contributed by atoms with Crippen LogP contribution in [0.3, 0.4) is 0 Å². The topological polar surface area (TPSA) is 128 Å². The number of fused-ring (bicyclic) bond motifs is 2. The van der Waals surface area contributed by atoms with Gasteiger partial charge in [-0.2, -0.15) is 5.01 Å². The van der Waals surface area contributed by atoms with Crippen LogP contribution >= 0.6 is 0 Å². The molecule has 1 unspecified atom stereocenters. The molecule has 6 atom stereocenters. The average Bonchev–Trinajstić information content (AvgIpc) is 3.50. The van der Waals surface area contributed by atoms with Crippen LogP contribution in [0.4, 0.5) is 5.69 Å². The first-order chi connectivity index (χ1) is 22.1. The van der Waals surface area contributed by atoms with Gasteiger partial charge < -0.3 is 9.84 Å². The lowest BCUT2D eigenvalue weighted by Crippen LogP contribution is -2.59. The van der Waals surface area contributed by atoms with Crippen molar-refractivity contribution in [1.29, 1.82) is 0 Å². The third-order valence-corrected chi connectivity index (χ3v) is 11.2. The average molecular weight is 621 g/mol. The first kappa shape index (κ1) is 28.6. The van der Waals surface area contributed by atoms with Crippen LogP contribution in [-0.4, -0.2) is 74.0 Å². The van der Waals surface area contributed by atoms with Crippen molar-refractivity contribution in [2.75, 3.05) is 11.6 Å². The highest BCUT2D eigenvalue weighted by Crippen LogP contribution is 2.70. The van der Waals surface area contributed by atoms with Gasteiger partial charge in [0, 0.05) is 0 Å². The standard InChI is InChI=1S/C35H32N4O7/c1-33(2)21-17-18-34(33)26(19-21)38(37(31(34)44)22-11-5-3-6-12-22)30(43)27(40)35(32(45)46-23-13-7-4-8-14-23)20-36(35)39-28(41)24-15-9-10-16-25(24)29(39)42/h3-16,21,26-27,40H,17-20H2,1-2H3/t21-,26-,27-,34+,35+,36?/m1/s1. The lowest BCUT2D eigenvalue weighted by molar-refractivity contribution is -0.156. The van der Waals surface area contributed by atoms with Crippen molar-refractivity contribution in [3.05, 3.63) is 96.1 Å². The maximum Gasteiger partial charge on any atom is 0.338 e. The molecule has 1 spiro atoms. The van der Waals surface area contributed by atoms with Gasteiger partial charge in [0.25, 0.3) is 23.6 Å². The first-order valence-corrected chi connectivity index (χ1v) is 15.5. The van der Waals surface area contributed by atoms with E-state index in [0.717, 1.165) is 16.4 Å². The highest BCUT2D eigenvalue weighted by atomic mass is 16.5. The fraction of sp³-hybridized carbons (Fsp3) is 0.343. The molecule has 4 fully saturated rings. The van der Waals surface area contributed by atoms with E-state index in [2.05, 4.69) is 13.8 Å². The summed E-state index contributed by atoms with van der Waals surface area (Å²) in [5.41, 5.74) is -2.63. The first-order valence-electron chi connectivity index (χ1n) is 15.5. The van der Waals surface area contributed by atoms with Crippen molar-refractivity contribution in [1.82, 2.24) is 15.0 Å². The summed E-state index contributed by atoms with van der Waals surface area (Å²) in [5, 5.41) is 16.7. The number of aliphatic hydroxyl groups is 1. The summed E-state index contributed by atoms with van der Waals surface area (Å²) in [4.78, 5) is 70.3. The van der Waals surface area contributed by atoms with Crippen LogP contribution in [0.15, 0.2) is 84.9 Å². The van der Waals surface area contributed by atoms with Gasteiger partial charge in [0.1, 0.15) is 5.75 Å². The normalized spacial score (nSPS) is 30.8. The number of para-hydroxylation sites is 2. The molecule has 0 aromatic heterocycles. The largest absolute Gasteiger partial charge is 0.425 e. The second-order valence-corrected chi connectivity index (χ2v) is 13.4. The smallest absolute Gasteiger partial charge is 0.338 e. The monoisotopic (exact) mass is 620 g/mol. The minimum atomic E-state index is -2.12. The number of ether oxygens (including phenoxy) is 1. The van der Waals surface area contributed by atoms with E-state index >= 15 is 0 Å². The Bertz CT molecular complexity index is 1800. The van der Waals surface area contributed by atoms with E-state index in [9.17, 15) is 29.1 Å². The Morgan fingerprint density at radius 1 is 0.848 bits per heavy atom. The molecule has 11 heteroatoms. The zero-order valence-corrected chi connectivity index (χ0v) is 25.3. The number of anilines is 1. The molecule has 3 aliphatic heterocycles. The van der Waals surface area contributed by atoms with Crippen LogP contribution in [0.2, 0.25) is 0 Å². The molecule has 1 N–H and O–H groups in total. The molecule has 3 aromatic rings. The quantitative estimate of drug-likeness (QED) is 0.193. The van der Waals surface area contributed by atoms with Gasteiger partial charge in [-0.15, -0.1) is 0 Å². The summed E-state index contributed by atoms with van der Waals surface area (Å²) < 4.78 is 5.67. The molecular formula is C35H32N4O7. The minimum Gasteiger partial charge on any atom is -0.425 e. The number of nitrogens with zero attached hydrogens (tertiary/aromatic N) is 4. The Morgan fingerprint density at radius 3 is 2.04 bits per heavy atom. The van der Waals surface area contributed by atoms with Crippen molar-refractivity contribution in [3.63, 3.8) is 0 Å². The number of aliphatic hydroxyl groups excluding tert-OH is 1. The van der Waals surface area contributed by atoms with Gasteiger partial charge in [-0.25, -0.2) is 19.8 Å². The Hall–Kier alpha value is -4.87. The third-order valence-electron chi connectivity index (χ3n) is 11.2. The molecule has 0 radical (unpaired) electrons. The number of hydrogen-bond donors (Lipinski definition) is 1. The Morgan fingerprint density at radius 2 is 1.43 bits per heavy atom. The zero-order chi connectivity index (χ0) is 32.2. The van der Waals surface area contributed by atoms with E-state index in [0.29, 0.717) is 18.5 Å². The van der Waals surface area contributed by atoms with E-state index in [-0.39, 0.29) is 35.2 Å². The number of carbonyl (C=O) groups is 5. The van der Waals surface area contributed by atoms with Gasteiger partial charge in [0.05, 0.1) is 34.8 Å². The minimum absolute atomic E-state index is 0.150. The number of hydrazine groups is 2. The van der Waals surface area contributed by atoms with Crippen molar-refractivity contribution in [2.24, 2.45) is 16.7 Å². The van der Waals surface area contributed by atoms with Crippen LogP contribution in [0, 0.1) is 16.7 Å². The van der Waals surface area contributed by atoms with Gasteiger partial charge in [0.15, 0.2) is 11.6 Å². The molecule has 4 amide bonds. The molecule has 3 aromatic carbocycles. The van der Waals surface area contributed by atoms with E-state index in [1.165, 1.54) is 22.2 Å². The molecule has 2 saturated heterocycles. The van der Waals surface area contributed by atoms with Crippen molar-refractivity contribution < 1.29 is 33.8 Å². The molecule has 2 saturated carbocycles. The SMILES string of the molecule is CC1(C)[C@@H]2CC[C@]13C(=O)N(c1ccccc1)N(C(=O)[C@@H](O)[C@]1(C(=O)Oc4ccccc4)CN1N1C(=O)c4ccccc4C1=O)[C@@H]3C2. The lowest BCUT2D eigenvalue weighted by atomic mass is 9.67. The molecule has 3 heterocycles. The van der Waals surface area contributed by atoms with E-state index in [4.69, 9.17) is 4.74 Å². The Kier molecular flexibility index (Phi) is 5.95. The highest BCUT2D eigenvalue weighted by molar-refractivity contribution is 6.21. The van der Waals surface area contributed by atoms with Crippen molar-refractivity contribution in [3.8, 4) is 5.75 Å². The summed E-state index contributed by atoms with van der Waals surface area (Å²) in [6.45, 7) is 3.80. The summed E-state index contributed by atoms with van der Waals surface area (Å²) in [7, 11) is 0. The molecule has 5 aliphatic rings. The number of benzene rings is 3. The Balaban J connectivity index is 1.20. The summed E-state index contributed by atoms with van der Waals surface area (Å²) in [5.74, 6) is -3.10. The van der Waals surface area contributed by atoms with Crippen LogP contribution in [0.25, 0.3) is 0 Å². The van der Waals surface area contributed by atoms with Crippen molar-refractivity contribution >= 4 is 35.3 Å². The molecule has 46 heavy (non-hydrogen) atoms. The van der Waals surface area contributed by atoms with E-state index in [1.54, 1.807) is 72.8 Å². The Labute approximate surface area is 264 Å². The number of amides is 4. The van der Waals surface area contributed by atoms with Crippen LogP contribution in [-0.2, 0) is 14.4 Å². The van der Waals surface area contributed by atoms with Gasteiger partial charge >= 0.3 is 5.97 Å². The van der Waals surface area contributed by atoms with E-state index in [1.807, 2.05) is 0 Å². The molecule has 8 rings (SSSR count). The summed E-state index contributed by atoms with van der Waals surface area (Å²) in [6, 6.07) is 22.7. The number of hydrogen-bond acceptors (Lipinski definition) is 8. The highest BCUT2D eigenvalue weighted by Gasteiger charge is 2.78. The summed E-state index contributed by atoms with van der Waals surface area (Å²) >= 11 is 0. The fourth-order valence-electron chi connectivity index (χ4n) is 8.61.